The van der Waals surface area contributed by atoms with Crippen molar-refractivity contribution in [3.8, 4) is 0 Å². The van der Waals surface area contributed by atoms with Crippen molar-refractivity contribution in [2.45, 2.75) is 56.6 Å². The van der Waals surface area contributed by atoms with Gasteiger partial charge < -0.3 is 14.8 Å². The van der Waals surface area contributed by atoms with Crippen LogP contribution in [0.15, 0.2) is 0 Å². The van der Waals surface area contributed by atoms with E-state index in [4.69, 9.17) is 9.47 Å². The number of hydrogen-bond donors (Lipinski definition) is 1. The van der Waals surface area contributed by atoms with E-state index >= 15 is 0 Å². The number of rotatable bonds is 4. The van der Waals surface area contributed by atoms with Crippen LogP contribution < -0.4 is 5.32 Å². The first kappa shape index (κ1) is 13.3. The summed E-state index contributed by atoms with van der Waals surface area (Å²) in [7, 11) is 3.97. The summed E-state index contributed by atoms with van der Waals surface area (Å²) < 4.78 is 11.6. The van der Waals surface area contributed by atoms with E-state index in [0.29, 0.717) is 12.0 Å². The van der Waals surface area contributed by atoms with Crippen molar-refractivity contribution in [2.75, 3.05) is 27.4 Å². The molecule has 2 unspecified atom stereocenters. The molecule has 0 aromatic heterocycles. The molecule has 0 bridgehead atoms. The van der Waals surface area contributed by atoms with Gasteiger partial charge in [0.15, 0.2) is 0 Å². The van der Waals surface area contributed by atoms with Gasteiger partial charge in [0.2, 0.25) is 0 Å². The summed E-state index contributed by atoms with van der Waals surface area (Å²) in [5.41, 5.74) is 0.0539. The van der Waals surface area contributed by atoms with E-state index in [1.54, 1.807) is 0 Å². The van der Waals surface area contributed by atoms with Gasteiger partial charge in [0, 0.05) is 25.7 Å². The highest BCUT2D eigenvalue weighted by molar-refractivity contribution is 4.98. The summed E-state index contributed by atoms with van der Waals surface area (Å²) in [5.74, 6) is 0.617. The highest BCUT2D eigenvalue weighted by atomic mass is 16.5. The van der Waals surface area contributed by atoms with Crippen LogP contribution in [0.2, 0.25) is 0 Å². The van der Waals surface area contributed by atoms with Gasteiger partial charge in [0.1, 0.15) is 0 Å². The predicted octanol–water partition coefficient (Wildman–Crippen LogP) is 2.35. The van der Waals surface area contributed by atoms with E-state index in [-0.39, 0.29) is 5.60 Å². The summed E-state index contributed by atoms with van der Waals surface area (Å²) in [4.78, 5) is 0. The Kier molecular flexibility index (Phi) is 4.83. The molecule has 0 radical (unpaired) electrons. The lowest BCUT2D eigenvalue weighted by molar-refractivity contribution is -0.0966. The molecule has 1 aliphatic heterocycles. The fraction of sp³-hybridized carbons (Fsp3) is 1.00. The van der Waals surface area contributed by atoms with E-state index in [1.165, 1.54) is 44.9 Å². The second-order valence-electron chi connectivity index (χ2n) is 5.57. The monoisotopic (exact) mass is 241 g/mol. The summed E-state index contributed by atoms with van der Waals surface area (Å²) in [6.07, 6.45) is 8.85. The zero-order valence-corrected chi connectivity index (χ0v) is 11.3. The largest absolute Gasteiger partial charge is 0.381 e. The van der Waals surface area contributed by atoms with Crippen molar-refractivity contribution in [1.82, 2.24) is 5.32 Å². The van der Waals surface area contributed by atoms with Crippen LogP contribution in [-0.2, 0) is 9.47 Å². The molecule has 0 aromatic carbocycles. The molecule has 3 heteroatoms. The maximum absolute atomic E-state index is 5.97. The molecule has 1 aliphatic carbocycles. The maximum Gasteiger partial charge on any atom is 0.0834 e. The Hall–Kier alpha value is -0.120. The number of nitrogens with one attached hydrogen (secondary N) is 1. The van der Waals surface area contributed by atoms with Gasteiger partial charge >= 0.3 is 0 Å². The highest BCUT2D eigenvalue weighted by Gasteiger charge is 2.43. The average Bonchev–Trinajstić information content (AvgIpc) is 2.42. The number of ether oxygens (including phenoxy) is 2. The van der Waals surface area contributed by atoms with Crippen LogP contribution in [0.4, 0.5) is 0 Å². The first-order valence-corrected chi connectivity index (χ1v) is 7.12. The van der Waals surface area contributed by atoms with E-state index in [1.807, 2.05) is 7.11 Å². The standard InChI is InChI=1S/C14H27NO2/c1-15-13(12-7-6-10-17-11-12)14(16-2)8-4-3-5-9-14/h12-13,15H,3-11H2,1-2H3. The van der Waals surface area contributed by atoms with Gasteiger partial charge in [0.05, 0.1) is 12.2 Å². The first-order chi connectivity index (χ1) is 8.32. The lowest BCUT2D eigenvalue weighted by atomic mass is 9.73. The van der Waals surface area contributed by atoms with Gasteiger partial charge in [-0.05, 0) is 32.7 Å². The van der Waals surface area contributed by atoms with Gasteiger partial charge in [-0.2, -0.15) is 0 Å². The van der Waals surface area contributed by atoms with Crippen LogP contribution in [0, 0.1) is 5.92 Å². The third-order valence-corrected chi connectivity index (χ3v) is 4.65. The van der Waals surface area contributed by atoms with Crippen molar-refractivity contribution < 1.29 is 9.47 Å². The minimum absolute atomic E-state index is 0.0539. The summed E-state index contributed by atoms with van der Waals surface area (Å²) in [6, 6.07) is 0.452. The van der Waals surface area contributed by atoms with E-state index in [0.717, 1.165) is 13.2 Å². The topological polar surface area (TPSA) is 30.5 Å². The van der Waals surface area contributed by atoms with E-state index in [2.05, 4.69) is 12.4 Å². The zero-order chi connectivity index (χ0) is 12.1. The molecule has 0 spiro atoms. The van der Waals surface area contributed by atoms with Gasteiger partial charge in [-0.3, -0.25) is 0 Å². The molecule has 2 fully saturated rings. The molecule has 17 heavy (non-hydrogen) atoms. The third kappa shape index (κ3) is 2.83. The molecule has 1 heterocycles. The minimum Gasteiger partial charge on any atom is -0.381 e. The Morgan fingerprint density at radius 2 is 2.00 bits per heavy atom. The lowest BCUT2D eigenvalue weighted by Gasteiger charge is -2.46. The number of methoxy groups -OCH3 is 1. The second-order valence-corrected chi connectivity index (χ2v) is 5.57. The van der Waals surface area contributed by atoms with Gasteiger partial charge in [0.25, 0.3) is 0 Å². The molecule has 2 rings (SSSR count). The van der Waals surface area contributed by atoms with Crippen molar-refractivity contribution >= 4 is 0 Å². The molecule has 1 N–H and O–H groups in total. The van der Waals surface area contributed by atoms with Gasteiger partial charge in [-0.1, -0.05) is 19.3 Å². The first-order valence-electron chi connectivity index (χ1n) is 7.12. The molecule has 2 atom stereocenters. The lowest BCUT2D eigenvalue weighted by Crippen LogP contribution is -2.57. The predicted molar refractivity (Wildman–Crippen MR) is 69.2 cm³/mol. The van der Waals surface area contributed by atoms with Crippen molar-refractivity contribution in [3.05, 3.63) is 0 Å². The van der Waals surface area contributed by atoms with Crippen LogP contribution in [0.5, 0.6) is 0 Å². The van der Waals surface area contributed by atoms with Crippen LogP contribution in [0.1, 0.15) is 44.9 Å². The van der Waals surface area contributed by atoms with E-state index in [9.17, 15) is 0 Å². The summed E-state index contributed by atoms with van der Waals surface area (Å²) in [6.45, 7) is 1.84. The van der Waals surface area contributed by atoms with E-state index < -0.39 is 0 Å². The maximum atomic E-state index is 5.97. The summed E-state index contributed by atoms with van der Waals surface area (Å²) in [5, 5.41) is 3.53. The smallest absolute Gasteiger partial charge is 0.0834 e. The Balaban J connectivity index is 2.07. The molecule has 0 amide bonds. The Labute approximate surface area is 105 Å². The zero-order valence-electron chi connectivity index (χ0n) is 11.3. The fourth-order valence-corrected chi connectivity index (χ4v) is 3.75. The molecule has 0 aromatic rings. The molecule has 3 nitrogen and oxygen atoms in total. The van der Waals surface area contributed by atoms with Crippen molar-refractivity contribution in [3.63, 3.8) is 0 Å². The van der Waals surface area contributed by atoms with Gasteiger partial charge in [-0.15, -0.1) is 0 Å². The van der Waals surface area contributed by atoms with Crippen LogP contribution >= 0.6 is 0 Å². The molecular formula is C14H27NO2. The van der Waals surface area contributed by atoms with Gasteiger partial charge in [-0.25, -0.2) is 0 Å². The number of likely N-dealkylation sites (N-methyl/N-ethyl adjacent to an activating group) is 1. The quantitative estimate of drug-likeness (QED) is 0.819. The molecule has 1 saturated heterocycles. The number of hydrogen-bond acceptors (Lipinski definition) is 3. The highest BCUT2D eigenvalue weighted by Crippen LogP contribution is 2.38. The molecule has 100 valence electrons. The minimum atomic E-state index is 0.0539. The second kappa shape index (κ2) is 6.17. The Morgan fingerprint density at radius 1 is 1.24 bits per heavy atom. The van der Waals surface area contributed by atoms with Crippen molar-refractivity contribution in [2.24, 2.45) is 5.92 Å². The fourth-order valence-electron chi connectivity index (χ4n) is 3.75. The van der Waals surface area contributed by atoms with Crippen LogP contribution in [0.25, 0.3) is 0 Å². The average molecular weight is 241 g/mol. The van der Waals surface area contributed by atoms with Crippen LogP contribution in [0.3, 0.4) is 0 Å². The Morgan fingerprint density at radius 3 is 2.53 bits per heavy atom. The normalized spacial score (nSPS) is 31.1. The molecule has 1 saturated carbocycles. The SMILES string of the molecule is CNC(C1CCCOC1)C1(OC)CCCCC1. The molecular weight excluding hydrogens is 214 g/mol. The summed E-state index contributed by atoms with van der Waals surface area (Å²) >= 11 is 0. The molecule has 2 aliphatic rings. The third-order valence-electron chi connectivity index (χ3n) is 4.65. The van der Waals surface area contributed by atoms with Crippen LogP contribution in [-0.4, -0.2) is 39.0 Å². The Bertz CT molecular complexity index is 220. The van der Waals surface area contributed by atoms with Crippen molar-refractivity contribution in [1.29, 1.82) is 0 Å².